The highest BCUT2D eigenvalue weighted by Crippen LogP contribution is 2.28. The van der Waals surface area contributed by atoms with Crippen LogP contribution in [0.2, 0.25) is 0 Å². The van der Waals surface area contributed by atoms with Crippen molar-refractivity contribution in [2.45, 2.75) is 37.4 Å². The molecule has 0 saturated heterocycles. The van der Waals surface area contributed by atoms with E-state index in [4.69, 9.17) is 0 Å². The highest BCUT2D eigenvalue weighted by Gasteiger charge is 2.08. The Hall–Kier alpha value is -2.13. The normalized spacial score (nSPS) is 10.4. The second kappa shape index (κ2) is 10.8. The fourth-order valence-electron chi connectivity index (χ4n) is 2.10. The molecule has 0 aliphatic rings. The Morgan fingerprint density at radius 1 is 1.19 bits per heavy atom. The number of carbonyl (C=O) groups is 2. The van der Waals surface area contributed by atoms with E-state index in [2.05, 4.69) is 33.1 Å². The minimum Gasteiger partial charge on any atom is -0.355 e. The molecule has 3 N–H and O–H groups in total. The Morgan fingerprint density at radius 3 is 2.77 bits per heavy atom. The van der Waals surface area contributed by atoms with E-state index in [1.807, 2.05) is 24.3 Å². The molecule has 2 rings (SSSR count). The number of unbranched alkanes of at least 4 members (excludes halogenated alkanes) is 2. The molecule has 2 amide bonds. The number of nitrogens with one attached hydrogen (secondary N) is 3. The maximum atomic E-state index is 11.8. The summed E-state index contributed by atoms with van der Waals surface area (Å²) in [6, 6.07) is 7.35. The zero-order valence-electron chi connectivity index (χ0n) is 14.9. The standard InChI is InChI=1S/C17H23N5O2S2/c1-3-4-5-9-18-15(24)11-25-17-22-21-16(26-17)20-14-8-6-7-13(10-14)19-12(2)23/h6-8,10H,3-5,9,11H2,1-2H3,(H,18,24)(H,19,23)(H,20,21). The van der Waals surface area contributed by atoms with Gasteiger partial charge in [0.2, 0.25) is 16.9 Å². The first-order valence-corrected chi connectivity index (χ1v) is 10.2. The summed E-state index contributed by atoms with van der Waals surface area (Å²) in [6.07, 6.45) is 3.28. The van der Waals surface area contributed by atoms with E-state index in [9.17, 15) is 9.59 Å². The van der Waals surface area contributed by atoms with Crippen LogP contribution in [-0.4, -0.2) is 34.3 Å². The van der Waals surface area contributed by atoms with Crippen molar-refractivity contribution in [1.29, 1.82) is 0 Å². The predicted octanol–water partition coefficient (Wildman–Crippen LogP) is 3.64. The average molecular weight is 394 g/mol. The number of nitrogens with zero attached hydrogens (tertiary/aromatic N) is 2. The lowest BCUT2D eigenvalue weighted by atomic mass is 10.2. The molecule has 7 nitrogen and oxygen atoms in total. The van der Waals surface area contributed by atoms with Gasteiger partial charge in [-0.2, -0.15) is 0 Å². The molecule has 0 unspecified atom stereocenters. The van der Waals surface area contributed by atoms with Crippen molar-refractivity contribution in [3.8, 4) is 0 Å². The maximum absolute atomic E-state index is 11.8. The number of anilines is 3. The smallest absolute Gasteiger partial charge is 0.230 e. The zero-order chi connectivity index (χ0) is 18.8. The SMILES string of the molecule is CCCCCNC(=O)CSc1nnc(Nc2cccc(NC(C)=O)c2)s1. The summed E-state index contributed by atoms with van der Waals surface area (Å²) in [6.45, 7) is 4.32. The molecule has 0 bridgehead atoms. The van der Waals surface area contributed by atoms with E-state index in [0.29, 0.717) is 16.6 Å². The Labute approximate surface area is 161 Å². The van der Waals surface area contributed by atoms with Gasteiger partial charge in [-0.3, -0.25) is 9.59 Å². The maximum Gasteiger partial charge on any atom is 0.230 e. The molecule has 1 aromatic carbocycles. The number of thioether (sulfide) groups is 1. The zero-order valence-corrected chi connectivity index (χ0v) is 16.5. The average Bonchev–Trinajstić information content (AvgIpc) is 3.04. The molecular formula is C17H23N5O2S2. The monoisotopic (exact) mass is 393 g/mol. The Balaban J connectivity index is 1.80. The molecule has 0 aliphatic heterocycles. The molecule has 140 valence electrons. The van der Waals surface area contributed by atoms with E-state index in [1.54, 1.807) is 0 Å². The lowest BCUT2D eigenvalue weighted by Gasteiger charge is -2.05. The van der Waals surface area contributed by atoms with E-state index < -0.39 is 0 Å². The highest BCUT2D eigenvalue weighted by molar-refractivity contribution is 8.01. The minimum absolute atomic E-state index is 0.0128. The quantitative estimate of drug-likeness (QED) is 0.421. The summed E-state index contributed by atoms with van der Waals surface area (Å²) < 4.78 is 0.731. The summed E-state index contributed by atoms with van der Waals surface area (Å²) in [4.78, 5) is 22.9. The van der Waals surface area contributed by atoms with Crippen LogP contribution in [0.4, 0.5) is 16.5 Å². The van der Waals surface area contributed by atoms with Crippen molar-refractivity contribution in [1.82, 2.24) is 15.5 Å². The van der Waals surface area contributed by atoms with Crippen molar-refractivity contribution in [3.05, 3.63) is 24.3 Å². The predicted molar refractivity (Wildman–Crippen MR) is 107 cm³/mol. The van der Waals surface area contributed by atoms with Gasteiger partial charge in [0.05, 0.1) is 5.75 Å². The van der Waals surface area contributed by atoms with Crippen molar-refractivity contribution in [2.24, 2.45) is 0 Å². The summed E-state index contributed by atoms with van der Waals surface area (Å²) in [5.41, 5.74) is 1.51. The molecule has 0 saturated carbocycles. The first-order chi connectivity index (χ1) is 12.6. The van der Waals surface area contributed by atoms with E-state index >= 15 is 0 Å². The lowest BCUT2D eigenvalue weighted by Crippen LogP contribution is -2.26. The number of rotatable bonds is 10. The van der Waals surface area contributed by atoms with Gasteiger partial charge in [0, 0.05) is 24.8 Å². The van der Waals surface area contributed by atoms with Crippen LogP contribution in [0, 0.1) is 0 Å². The summed E-state index contributed by atoms with van der Waals surface area (Å²) in [5.74, 6) is 0.224. The second-order valence-corrected chi connectivity index (χ2v) is 7.81. The second-order valence-electron chi connectivity index (χ2n) is 5.61. The Kier molecular flexibility index (Phi) is 8.36. The fourth-order valence-corrected chi connectivity index (χ4v) is 3.70. The van der Waals surface area contributed by atoms with Gasteiger partial charge in [-0.05, 0) is 24.6 Å². The first-order valence-electron chi connectivity index (χ1n) is 8.44. The van der Waals surface area contributed by atoms with Crippen molar-refractivity contribution in [3.63, 3.8) is 0 Å². The van der Waals surface area contributed by atoms with Crippen molar-refractivity contribution >= 4 is 51.4 Å². The van der Waals surface area contributed by atoms with Gasteiger partial charge < -0.3 is 16.0 Å². The van der Waals surface area contributed by atoms with Crippen LogP contribution < -0.4 is 16.0 Å². The molecule has 1 heterocycles. The first kappa shape index (κ1) is 20.2. The third-order valence-electron chi connectivity index (χ3n) is 3.27. The lowest BCUT2D eigenvalue weighted by molar-refractivity contribution is -0.118. The molecule has 0 fully saturated rings. The van der Waals surface area contributed by atoms with Crippen molar-refractivity contribution < 1.29 is 9.59 Å². The highest BCUT2D eigenvalue weighted by atomic mass is 32.2. The number of aromatic nitrogens is 2. The van der Waals surface area contributed by atoms with E-state index in [1.165, 1.54) is 30.0 Å². The van der Waals surface area contributed by atoms with Crippen LogP contribution in [0.5, 0.6) is 0 Å². The van der Waals surface area contributed by atoms with Crippen LogP contribution in [0.1, 0.15) is 33.1 Å². The molecule has 26 heavy (non-hydrogen) atoms. The van der Waals surface area contributed by atoms with Crippen LogP contribution in [0.25, 0.3) is 0 Å². The van der Waals surface area contributed by atoms with Gasteiger partial charge in [-0.15, -0.1) is 10.2 Å². The fraction of sp³-hybridized carbons (Fsp3) is 0.412. The third-order valence-corrected chi connectivity index (χ3v) is 5.24. The van der Waals surface area contributed by atoms with Crippen LogP contribution in [0.15, 0.2) is 28.6 Å². The molecule has 0 atom stereocenters. The molecule has 1 aromatic heterocycles. The molecule has 9 heteroatoms. The minimum atomic E-state index is -0.121. The molecular weight excluding hydrogens is 370 g/mol. The van der Waals surface area contributed by atoms with Crippen LogP contribution >= 0.6 is 23.1 Å². The number of hydrogen-bond donors (Lipinski definition) is 3. The number of hydrogen-bond acceptors (Lipinski definition) is 7. The molecule has 0 spiro atoms. The van der Waals surface area contributed by atoms with Gasteiger partial charge in [0.15, 0.2) is 4.34 Å². The van der Waals surface area contributed by atoms with E-state index in [-0.39, 0.29) is 11.8 Å². The third kappa shape index (κ3) is 7.40. The van der Waals surface area contributed by atoms with Gasteiger partial charge in [-0.25, -0.2) is 0 Å². The molecule has 2 aromatic rings. The van der Waals surface area contributed by atoms with Crippen LogP contribution in [0.3, 0.4) is 0 Å². The topological polar surface area (TPSA) is 96.0 Å². The summed E-state index contributed by atoms with van der Waals surface area (Å²) >= 11 is 2.75. The number of benzene rings is 1. The molecule has 0 aliphatic carbocycles. The van der Waals surface area contributed by atoms with Crippen LogP contribution in [-0.2, 0) is 9.59 Å². The molecule has 0 radical (unpaired) electrons. The summed E-state index contributed by atoms with van der Waals surface area (Å²) in [7, 11) is 0. The van der Waals surface area contributed by atoms with Gasteiger partial charge in [0.1, 0.15) is 0 Å². The number of amides is 2. The Morgan fingerprint density at radius 2 is 2.00 bits per heavy atom. The van der Waals surface area contributed by atoms with E-state index in [0.717, 1.165) is 35.8 Å². The largest absolute Gasteiger partial charge is 0.355 e. The van der Waals surface area contributed by atoms with Gasteiger partial charge >= 0.3 is 0 Å². The van der Waals surface area contributed by atoms with Gasteiger partial charge in [-0.1, -0.05) is 48.9 Å². The summed E-state index contributed by atoms with van der Waals surface area (Å²) in [5, 5.41) is 17.6. The Bertz CT molecular complexity index is 735. The van der Waals surface area contributed by atoms with Crippen molar-refractivity contribution in [2.75, 3.05) is 22.9 Å². The number of carbonyl (C=O) groups excluding carboxylic acids is 2. The van der Waals surface area contributed by atoms with Gasteiger partial charge in [0.25, 0.3) is 0 Å².